The molecule has 19 heavy (non-hydrogen) atoms. The van der Waals surface area contributed by atoms with Gasteiger partial charge in [0.25, 0.3) is 0 Å². The van der Waals surface area contributed by atoms with Crippen LogP contribution in [0.15, 0.2) is 72.8 Å². The van der Waals surface area contributed by atoms with Crippen molar-refractivity contribution in [2.45, 2.75) is 11.8 Å². The fourth-order valence-corrected chi connectivity index (χ4v) is 1.93. The van der Waals surface area contributed by atoms with E-state index in [4.69, 9.17) is 11.6 Å². The van der Waals surface area contributed by atoms with Gasteiger partial charge >= 0.3 is 0 Å². The van der Waals surface area contributed by atoms with E-state index < -0.39 is 0 Å². The molecule has 1 unspecified atom stereocenters. The van der Waals surface area contributed by atoms with Gasteiger partial charge in [-0.25, -0.2) is 0 Å². The summed E-state index contributed by atoms with van der Waals surface area (Å²) in [5.74, 6) is 0. The largest absolute Gasteiger partial charge is 0.118 e. The molecule has 0 heterocycles. The molecule has 0 spiro atoms. The van der Waals surface area contributed by atoms with Crippen LogP contribution in [0.5, 0.6) is 0 Å². The van der Waals surface area contributed by atoms with Gasteiger partial charge < -0.3 is 0 Å². The molecule has 2 rings (SSSR count). The predicted octanol–water partition coefficient (Wildman–Crippen LogP) is 5.41. The molecule has 0 bridgehead atoms. The Bertz CT molecular complexity index is 526. The molecule has 0 aromatic heterocycles. The third-order valence-corrected chi connectivity index (χ3v) is 3.09. The van der Waals surface area contributed by atoms with E-state index in [1.54, 1.807) is 0 Å². The Morgan fingerprint density at radius 3 is 1.89 bits per heavy atom. The molecule has 1 atom stereocenters. The van der Waals surface area contributed by atoms with Crippen LogP contribution in [0.3, 0.4) is 0 Å². The molecule has 0 aliphatic rings. The molecule has 2 aromatic rings. The second-order valence-corrected chi connectivity index (χ2v) is 4.90. The fraction of sp³-hybridized carbons (Fsp3) is 0.111. The fourth-order valence-electron chi connectivity index (χ4n) is 1.76. The predicted molar refractivity (Wildman–Crippen MR) is 85.2 cm³/mol. The van der Waals surface area contributed by atoms with Crippen LogP contribution in [0.4, 0.5) is 0 Å². The quantitative estimate of drug-likeness (QED) is 0.636. The first-order chi connectivity index (χ1) is 9.34. The minimum absolute atomic E-state index is 0.0279. The molecule has 2 aromatic carbocycles. The first-order valence-electron chi connectivity index (χ1n) is 6.43. The molecule has 0 aliphatic heterocycles. The van der Waals surface area contributed by atoms with Gasteiger partial charge in [0, 0.05) is 0 Å². The number of allylic oxidation sites excluding steroid dienone is 2. The van der Waals surface area contributed by atoms with Crippen LogP contribution in [0, 0.1) is 0 Å². The van der Waals surface area contributed by atoms with Crippen molar-refractivity contribution in [1.82, 2.24) is 0 Å². The van der Waals surface area contributed by atoms with Crippen LogP contribution >= 0.6 is 11.6 Å². The SMILES string of the molecule is ClC(/C=C/c1ccccc1)C/C=C/c1ccccc1. The maximum Gasteiger partial charge on any atom is 0.0553 e. The third kappa shape index (κ3) is 5.15. The van der Waals surface area contributed by atoms with E-state index in [9.17, 15) is 0 Å². The lowest BCUT2D eigenvalue weighted by Gasteiger charge is -1.99. The minimum atomic E-state index is 0.0279. The van der Waals surface area contributed by atoms with Gasteiger partial charge in [0.2, 0.25) is 0 Å². The summed E-state index contributed by atoms with van der Waals surface area (Å²) in [4.78, 5) is 0. The Morgan fingerprint density at radius 1 is 0.789 bits per heavy atom. The van der Waals surface area contributed by atoms with Gasteiger partial charge in [-0.2, -0.15) is 0 Å². The van der Waals surface area contributed by atoms with Crippen LogP contribution in [-0.4, -0.2) is 5.38 Å². The summed E-state index contributed by atoms with van der Waals surface area (Å²) in [6.45, 7) is 0. The van der Waals surface area contributed by atoms with Gasteiger partial charge in [-0.1, -0.05) is 85.0 Å². The average molecular weight is 269 g/mol. The number of hydrogen-bond acceptors (Lipinski definition) is 0. The van der Waals surface area contributed by atoms with Gasteiger partial charge in [0.15, 0.2) is 0 Å². The number of alkyl halides is 1. The molecule has 0 saturated carbocycles. The Hall–Kier alpha value is -1.79. The summed E-state index contributed by atoms with van der Waals surface area (Å²) >= 11 is 6.26. The van der Waals surface area contributed by atoms with Crippen LogP contribution in [0.1, 0.15) is 17.5 Å². The van der Waals surface area contributed by atoms with Crippen LogP contribution in [-0.2, 0) is 0 Å². The van der Waals surface area contributed by atoms with Crippen molar-refractivity contribution in [2.24, 2.45) is 0 Å². The molecule has 0 N–H and O–H groups in total. The van der Waals surface area contributed by atoms with Crippen molar-refractivity contribution < 1.29 is 0 Å². The molecular weight excluding hydrogens is 252 g/mol. The van der Waals surface area contributed by atoms with Crippen molar-refractivity contribution in [2.75, 3.05) is 0 Å². The first kappa shape index (κ1) is 13.6. The van der Waals surface area contributed by atoms with Crippen molar-refractivity contribution in [3.63, 3.8) is 0 Å². The Balaban J connectivity index is 1.83. The second-order valence-electron chi connectivity index (χ2n) is 4.33. The summed E-state index contributed by atoms with van der Waals surface area (Å²) in [7, 11) is 0. The smallest absolute Gasteiger partial charge is 0.0553 e. The molecule has 96 valence electrons. The molecule has 0 fully saturated rings. The van der Waals surface area contributed by atoms with E-state index in [1.807, 2.05) is 42.5 Å². The summed E-state index contributed by atoms with van der Waals surface area (Å²) in [5.41, 5.74) is 2.39. The maximum absolute atomic E-state index is 6.26. The highest BCUT2D eigenvalue weighted by atomic mass is 35.5. The summed E-state index contributed by atoms with van der Waals surface area (Å²) in [5, 5.41) is 0.0279. The lowest BCUT2D eigenvalue weighted by molar-refractivity contribution is 1.07. The van der Waals surface area contributed by atoms with Crippen molar-refractivity contribution in [1.29, 1.82) is 0 Å². The molecular formula is C18H17Cl. The van der Waals surface area contributed by atoms with Gasteiger partial charge in [-0.15, -0.1) is 11.6 Å². The molecule has 0 aliphatic carbocycles. The lowest BCUT2D eigenvalue weighted by atomic mass is 10.1. The molecule has 0 amide bonds. The summed E-state index contributed by atoms with van der Waals surface area (Å²) in [6, 6.07) is 20.5. The van der Waals surface area contributed by atoms with Gasteiger partial charge in [0.05, 0.1) is 5.38 Å². The van der Waals surface area contributed by atoms with Gasteiger partial charge in [0.1, 0.15) is 0 Å². The monoisotopic (exact) mass is 268 g/mol. The normalized spacial score (nSPS) is 13.1. The molecule has 0 radical (unpaired) electrons. The van der Waals surface area contributed by atoms with Gasteiger partial charge in [-0.3, -0.25) is 0 Å². The second kappa shape index (κ2) is 7.60. The van der Waals surface area contributed by atoms with E-state index in [2.05, 4.69) is 42.5 Å². The zero-order valence-electron chi connectivity index (χ0n) is 10.7. The zero-order valence-corrected chi connectivity index (χ0v) is 11.5. The lowest BCUT2D eigenvalue weighted by Crippen LogP contribution is -1.89. The molecule has 0 saturated heterocycles. The molecule has 1 heteroatoms. The number of hydrogen-bond donors (Lipinski definition) is 0. The molecule has 0 nitrogen and oxygen atoms in total. The number of halogens is 1. The Kier molecular flexibility index (Phi) is 5.46. The van der Waals surface area contributed by atoms with E-state index in [-0.39, 0.29) is 5.38 Å². The first-order valence-corrected chi connectivity index (χ1v) is 6.87. The third-order valence-electron chi connectivity index (χ3n) is 2.77. The van der Waals surface area contributed by atoms with E-state index >= 15 is 0 Å². The number of rotatable bonds is 5. The highest BCUT2D eigenvalue weighted by Crippen LogP contribution is 2.10. The van der Waals surface area contributed by atoms with Crippen LogP contribution in [0.2, 0.25) is 0 Å². The Labute approximate surface area is 120 Å². The highest BCUT2D eigenvalue weighted by Gasteiger charge is 1.95. The zero-order chi connectivity index (χ0) is 13.3. The van der Waals surface area contributed by atoms with Gasteiger partial charge in [-0.05, 0) is 17.5 Å². The topological polar surface area (TPSA) is 0 Å². The summed E-state index contributed by atoms with van der Waals surface area (Å²) < 4.78 is 0. The van der Waals surface area contributed by atoms with Crippen LogP contribution in [0.25, 0.3) is 12.2 Å². The highest BCUT2D eigenvalue weighted by molar-refractivity contribution is 6.22. The van der Waals surface area contributed by atoms with Crippen molar-refractivity contribution in [3.8, 4) is 0 Å². The van der Waals surface area contributed by atoms with E-state index in [0.29, 0.717) is 0 Å². The number of benzene rings is 2. The maximum atomic E-state index is 6.26. The Morgan fingerprint density at radius 2 is 1.32 bits per heavy atom. The summed E-state index contributed by atoms with van der Waals surface area (Å²) in [6.07, 6.45) is 9.15. The van der Waals surface area contributed by atoms with Crippen molar-refractivity contribution >= 4 is 23.8 Å². The van der Waals surface area contributed by atoms with Crippen LogP contribution < -0.4 is 0 Å². The average Bonchev–Trinajstić information content (AvgIpc) is 2.47. The van der Waals surface area contributed by atoms with E-state index in [0.717, 1.165) is 6.42 Å². The standard InChI is InChI=1S/C18H17Cl/c19-18(15-14-17-10-5-2-6-11-17)13-7-12-16-8-3-1-4-9-16/h1-12,14-15,18H,13H2/b12-7+,15-14+. The minimum Gasteiger partial charge on any atom is -0.118 e. The van der Waals surface area contributed by atoms with Crippen molar-refractivity contribution in [3.05, 3.63) is 83.9 Å². The van der Waals surface area contributed by atoms with E-state index in [1.165, 1.54) is 11.1 Å².